The number of carbonyl (C=O) groups is 2. The van der Waals surface area contributed by atoms with E-state index in [0.29, 0.717) is 34.4 Å². The Morgan fingerprint density at radius 1 is 1.28 bits per heavy atom. The van der Waals surface area contributed by atoms with Gasteiger partial charge in [0.15, 0.2) is 0 Å². The van der Waals surface area contributed by atoms with Gasteiger partial charge in [-0.05, 0) is 67.9 Å². The third-order valence-corrected chi connectivity index (χ3v) is 6.73. The number of anilines is 1. The molecule has 2 aromatic rings. The van der Waals surface area contributed by atoms with Crippen molar-refractivity contribution in [3.63, 3.8) is 0 Å². The van der Waals surface area contributed by atoms with Gasteiger partial charge in [-0.15, -0.1) is 11.3 Å². The molecule has 1 saturated heterocycles. The van der Waals surface area contributed by atoms with Crippen molar-refractivity contribution in [3.05, 3.63) is 45.8 Å². The van der Waals surface area contributed by atoms with Gasteiger partial charge in [0.2, 0.25) is 0 Å². The summed E-state index contributed by atoms with van der Waals surface area (Å²) in [6, 6.07) is 7.00. The van der Waals surface area contributed by atoms with Gasteiger partial charge in [0.25, 0.3) is 11.8 Å². The minimum Gasteiger partial charge on any atom is -0.491 e. The number of hydrogen-bond acceptors (Lipinski definition) is 5. The lowest BCUT2D eigenvalue weighted by atomic mass is 9.88. The minimum atomic E-state index is -0.481. The molecule has 7 heteroatoms. The summed E-state index contributed by atoms with van der Waals surface area (Å²) in [4.78, 5) is 25.9. The first-order valence-corrected chi connectivity index (χ1v) is 10.9. The molecule has 1 aliphatic heterocycles. The van der Waals surface area contributed by atoms with Crippen molar-refractivity contribution in [2.24, 2.45) is 11.7 Å². The summed E-state index contributed by atoms with van der Waals surface area (Å²) in [6.45, 7) is 3.52. The van der Waals surface area contributed by atoms with Crippen LogP contribution in [0.3, 0.4) is 0 Å². The number of nitrogens with one attached hydrogen (secondary N) is 1. The molecule has 2 aliphatic rings. The van der Waals surface area contributed by atoms with E-state index in [2.05, 4.69) is 12.2 Å². The van der Waals surface area contributed by atoms with Gasteiger partial charge in [-0.3, -0.25) is 9.59 Å². The fourth-order valence-corrected chi connectivity index (χ4v) is 5.35. The molecule has 0 radical (unpaired) electrons. The zero-order chi connectivity index (χ0) is 20.4. The first-order chi connectivity index (χ1) is 14.0. The van der Waals surface area contributed by atoms with E-state index in [0.717, 1.165) is 49.2 Å². The summed E-state index contributed by atoms with van der Waals surface area (Å²) in [6.07, 6.45) is 5.03. The zero-order valence-electron chi connectivity index (χ0n) is 16.5. The number of hydrogen-bond donors (Lipinski definition) is 2. The van der Waals surface area contributed by atoms with E-state index in [1.54, 1.807) is 24.3 Å². The molecule has 4 rings (SSSR count). The largest absolute Gasteiger partial charge is 0.491 e. The monoisotopic (exact) mass is 414 g/mol. The highest BCUT2D eigenvalue weighted by Crippen LogP contribution is 2.39. The minimum absolute atomic E-state index is 0.151. The Morgan fingerprint density at radius 3 is 2.76 bits per heavy atom. The third kappa shape index (κ3) is 4.46. The van der Waals surface area contributed by atoms with E-state index in [-0.39, 0.29) is 12.0 Å². The summed E-state index contributed by atoms with van der Waals surface area (Å²) in [7, 11) is 0. The number of amides is 2. The van der Waals surface area contributed by atoms with Crippen molar-refractivity contribution in [2.45, 2.75) is 45.1 Å². The zero-order valence-corrected chi connectivity index (χ0v) is 17.3. The van der Waals surface area contributed by atoms with Gasteiger partial charge in [0.05, 0.1) is 11.7 Å². The van der Waals surface area contributed by atoms with Crippen molar-refractivity contribution in [2.75, 3.05) is 18.5 Å². The van der Waals surface area contributed by atoms with E-state index in [1.165, 1.54) is 11.3 Å². The maximum absolute atomic E-state index is 12.7. The number of nitrogens with two attached hydrogens (primary N) is 1. The molecule has 2 amide bonds. The van der Waals surface area contributed by atoms with Crippen LogP contribution in [0.25, 0.3) is 0 Å². The molecule has 0 unspecified atom stereocenters. The molecule has 3 N–H and O–H groups in total. The van der Waals surface area contributed by atoms with Gasteiger partial charge < -0.3 is 20.5 Å². The van der Waals surface area contributed by atoms with Crippen molar-refractivity contribution in [1.29, 1.82) is 0 Å². The maximum Gasteiger partial charge on any atom is 0.256 e. The van der Waals surface area contributed by atoms with Gasteiger partial charge in [-0.25, -0.2) is 0 Å². The van der Waals surface area contributed by atoms with E-state index in [1.807, 2.05) is 0 Å². The Labute approximate surface area is 174 Å². The number of ether oxygens (including phenoxy) is 2. The number of benzene rings is 1. The quantitative estimate of drug-likeness (QED) is 0.753. The smallest absolute Gasteiger partial charge is 0.256 e. The Morgan fingerprint density at radius 2 is 2.07 bits per heavy atom. The molecule has 2 atom stereocenters. The average molecular weight is 415 g/mol. The van der Waals surface area contributed by atoms with Gasteiger partial charge >= 0.3 is 0 Å². The molecule has 29 heavy (non-hydrogen) atoms. The molecule has 1 aliphatic carbocycles. The van der Waals surface area contributed by atoms with E-state index >= 15 is 0 Å². The standard InChI is InChI=1S/C22H26N2O4S/c1-13-4-9-17-18(11-13)29-22(19(17)20(23)25)24-21(26)14-5-7-15(8-6-14)28-12-16-3-2-10-27-16/h5-8,13,16H,2-4,9-12H2,1H3,(H2,23,25)(H,24,26)/t13-,16-/m1/s1. The van der Waals surface area contributed by atoms with Crippen LogP contribution in [0.5, 0.6) is 5.75 Å². The van der Waals surface area contributed by atoms with Crippen LogP contribution in [0.4, 0.5) is 5.00 Å². The second-order valence-electron chi connectivity index (χ2n) is 7.84. The predicted octanol–water partition coefficient (Wildman–Crippen LogP) is 3.78. The molecular formula is C22H26N2O4S. The van der Waals surface area contributed by atoms with Crippen LogP contribution in [0.1, 0.15) is 57.3 Å². The van der Waals surface area contributed by atoms with Crippen molar-refractivity contribution in [3.8, 4) is 5.75 Å². The topological polar surface area (TPSA) is 90.7 Å². The first kappa shape index (κ1) is 19.9. The number of thiophene rings is 1. The highest BCUT2D eigenvalue weighted by Gasteiger charge is 2.27. The highest BCUT2D eigenvalue weighted by molar-refractivity contribution is 7.17. The number of carbonyl (C=O) groups excluding carboxylic acids is 2. The molecule has 0 bridgehead atoms. The second-order valence-corrected chi connectivity index (χ2v) is 8.95. The summed E-state index contributed by atoms with van der Waals surface area (Å²) < 4.78 is 11.3. The van der Waals surface area contributed by atoms with E-state index in [4.69, 9.17) is 15.2 Å². The van der Waals surface area contributed by atoms with Gasteiger partial charge in [0.1, 0.15) is 17.4 Å². The lowest BCUT2D eigenvalue weighted by Gasteiger charge is -2.18. The van der Waals surface area contributed by atoms with Crippen LogP contribution in [0, 0.1) is 5.92 Å². The van der Waals surface area contributed by atoms with E-state index in [9.17, 15) is 9.59 Å². The van der Waals surface area contributed by atoms with Crippen LogP contribution in [-0.2, 0) is 17.6 Å². The Bertz CT molecular complexity index is 900. The highest BCUT2D eigenvalue weighted by atomic mass is 32.1. The summed E-state index contributed by atoms with van der Waals surface area (Å²) in [5.74, 6) is 0.540. The Kier molecular flexibility index (Phi) is 5.87. The summed E-state index contributed by atoms with van der Waals surface area (Å²) >= 11 is 1.47. The van der Waals surface area contributed by atoms with Crippen LogP contribution in [-0.4, -0.2) is 31.1 Å². The molecule has 1 aromatic carbocycles. The van der Waals surface area contributed by atoms with Gasteiger partial charge in [-0.1, -0.05) is 6.92 Å². The van der Waals surface area contributed by atoms with E-state index < -0.39 is 5.91 Å². The van der Waals surface area contributed by atoms with Gasteiger partial charge in [-0.2, -0.15) is 0 Å². The maximum atomic E-state index is 12.7. The molecule has 154 valence electrons. The molecule has 2 heterocycles. The Hall–Kier alpha value is -2.38. The average Bonchev–Trinajstić information content (AvgIpc) is 3.33. The predicted molar refractivity (Wildman–Crippen MR) is 113 cm³/mol. The molecule has 0 spiro atoms. The van der Waals surface area contributed by atoms with Crippen LogP contribution >= 0.6 is 11.3 Å². The van der Waals surface area contributed by atoms with Crippen molar-refractivity contribution in [1.82, 2.24) is 0 Å². The fraction of sp³-hybridized carbons (Fsp3) is 0.455. The molecule has 1 aromatic heterocycles. The number of fused-ring (bicyclic) bond motifs is 1. The molecular weight excluding hydrogens is 388 g/mol. The van der Waals surface area contributed by atoms with Crippen molar-refractivity contribution < 1.29 is 19.1 Å². The van der Waals surface area contributed by atoms with Gasteiger partial charge in [0, 0.05) is 17.0 Å². The normalized spacial score (nSPS) is 20.9. The fourth-order valence-electron chi connectivity index (χ4n) is 3.94. The molecule has 1 fully saturated rings. The van der Waals surface area contributed by atoms with Crippen molar-refractivity contribution >= 4 is 28.2 Å². The lowest BCUT2D eigenvalue weighted by molar-refractivity contribution is 0.0679. The molecule has 6 nitrogen and oxygen atoms in total. The first-order valence-electron chi connectivity index (χ1n) is 10.1. The summed E-state index contributed by atoms with van der Waals surface area (Å²) in [5, 5.41) is 3.45. The summed E-state index contributed by atoms with van der Waals surface area (Å²) in [5.41, 5.74) is 7.61. The number of rotatable bonds is 6. The SMILES string of the molecule is C[C@@H]1CCc2c(sc(NC(=O)c3ccc(OC[C@H]4CCCO4)cc3)c2C(N)=O)C1. The van der Waals surface area contributed by atoms with Crippen LogP contribution < -0.4 is 15.8 Å². The third-order valence-electron chi connectivity index (χ3n) is 5.56. The lowest BCUT2D eigenvalue weighted by Crippen LogP contribution is -2.19. The molecule has 0 saturated carbocycles. The van der Waals surface area contributed by atoms with Crippen LogP contribution in [0.15, 0.2) is 24.3 Å². The Balaban J connectivity index is 1.44. The second kappa shape index (κ2) is 8.55. The van der Waals surface area contributed by atoms with Crippen LogP contribution in [0.2, 0.25) is 0 Å². The number of primary amides is 1.